The van der Waals surface area contributed by atoms with E-state index in [4.69, 9.17) is 6.42 Å². The van der Waals surface area contributed by atoms with Crippen LogP contribution in [0.2, 0.25) is 0 Å². The molecule has 2 fully saturated rings. The summed E-state index contributed by atoms with van der Waals surface area (Å²) in [5.41, 5.74) is 0. The number of aliphatic imine (C=N–C) groups is 1. The minimum absolute atomic E-state index is 0.486. The Hall–Kier alpha value is -1.21. The van der Waals surface area contributed by atoms with Crippen molar-refractivity contribution < 1.29 is 0 Å². The summed E-state index contributed by atoms with van der Waals surface area (Å²) >= 11 is 0. The van der Waals surface area contributed by atoms with Gasteiger partial charge in [0.2, 0.25) is 0 Å². The Morgan fingerprint density at radius 2 is 2.24 bits per heavy atom. The smallest absolute Gasteiger partial charge is 0.192 e. The molecule has 0 aromatic carbocycles. The molecule has 1 saturated heterocycles. The van der Waals surface area contributed by atoms with E-state index in [0.29, 0.717) is 18.5 Å². The standard InChI is InChI=1S/C13H22N4/c1-4-7-15-13(14-3)16-12-9-17(8-10(12)2)11-5-6-11/h1,10-12H,5-9H2,2-3H3,(H2,14,15,16). The number of rotatable bonds is 3. The van der Waals surface area contributed by atoms with Gasteiger partial charge in [-0.15, -0.1) is 6.42 Å². The number of nitrogens with one attached hydrogen (secondary N) is 2. The molecular formula is C13H22N4. The lowest BCUT2D eigenvalue weighted by molar-refractivity contribution is 0.315. The third-order valence-corrected chi connectivity index (χ3v) is 3.61. The highest BCUT2D eigenvalue weighted by Gasteiger charge is 2.38. The van der Waals surface area contributed by atoms with Crippen LogP contribution in [0.4, 0.5) is 0 Å². The Kier molecular flexibility index (Phi) is 3.90. The van der Waals surface area contributed by atoms with E-state index in [9.17, 15) is 0 Å². The summed E-state index contributed by atoms with van der Waals surface area (Å²) in [5, 5.41) is 6.57. The van der Waals surface area contributed by atoms with Gasteiger partial charge in [0, 0.05) is 32.2 Å². The molecule has 2 N–H and O–H groups in total. The minimum Gasteiger partial charge on any atom is -0.352 e. The van der Waals surface area contributed by atoms with E-state index < -0.39 is 0 Å². The molecule has 0 aromatic heterocycles. The van der Waals surface area contributed by atoms with Crippen LogP contribution in [0.25, 0.3) is 0 Å². The molecule has 0 aromatic rings. The topological polar surface area (TPSA) is 39.7 Å². The number of likely N-dealkylation sites (tertiary alicyclic amines) is 1. The Balaban J connectivity index is 1.83. The van der Waals surface area contributed by atoms with Crippen molar-refractivity contribution in [3.63, 3.8) is 0 Å². The predicted octanol–water partition coefficient (Wildman–Crippen LogP) is 0.267. The van der Waals surface area contributed by atoms with Crippen LogP contribution in [0, 0.1) is 18.3 Å². The van der Waals surface area contributed by atoms with Crippen molar-refractivity contribution in [1.29, 1.82) is 0 Å². The van der Waals surface area contributed by atoms with Crippen molar-refractivity contribution in [2.75, 3.05) is 26.7 Å². The van der Waals surface area contributed by atoms with E-state index in [1.807, 2.05) is 0 Å². The third kappa shape index (κ3) is 3.13. The van der Waals surface area contributed by atoms with Gasteiger partial charge in [-0.25, -0.2) is 0 Å². The number of hydrogen-bond donors (Lipinski definition) is 2. The van der Waals surface area contributed by atoms with Crippen LogP contribution in [0.15, 0.2) is 4.99 Å². The zero-order valence-electron chi connectivity index (χ0n) is 10.7. The van der Waals surface area contributed by atoms with Gasteiger partial charge < -0.3 is 10.6 Å². The van der Waals surface area contributed by atoms with Crippen LogP contribution in [0.1, 0.15) is 19.8 Å². The minimum atomic E-state index is 0.486. The van der Waals surface area contributed by atoms with Crippen LogP contribution in [0.5, 0.6) is 0 Å². The monoisotopic (exact) mass is 234 g/mol. The molecule has 94 valence electrons. The first-order chi connectivity index (χ1) is 8.24. The van der Waals surface area contributed by atoms with Gasteiger partial charge >= 0.3 is 0 Å². The summed E-state index contributed by atoms with van der Waals surface area (Å²) in [6.07, 6.45) is 7.99. The maximum absolute atomic E-state index is 5.23. The van der Waals surface area contributed by atoms with Crippen molar-refractivity contribution in [1.82, 2.24) is 15.5 Å². The highest BCUT2D eigenvalue weighted by Crippen LogP contribution is 2.31. The van der Waals surface area contributed by atoms with Crippen LogP contribution in [0.3, 0.4) is 0 Å². The van der Waals surface area contributed by atoms with Gasteiger partial charge in [0.05, 0.1) is 6.54 Å². The third-order valence-electron chi connectivity index (χ3n) is 3.61. The Labute approximate surface area is 104 Å². The summed E-state index contributed by atoms with van der Waals surface area (Å²) in [6, 6.07) is 1.34. The van der Waals surface area contributed by atoms with E-state index >= 15 is 0 Å². The molecule has 2 unspecified atom stereocenters. The van der Waals surface area contributed by atoms with Gasteiger partial charge in [0.1, 0.15) is 0 Å². The van der Waals surface area contributed by atoms with Crippen molar-refractivity contribution in [3.05, 3.63) is 0 Å². The highest BCUT2D eigenvalue weighted by molar-refractivity contribution is 5.80. The van der Waals surface area contributed by atoms with Crippen LogP contribution in [-0.4, -0.2) is 49.6 Å². The molecule has 2 atom stereocenters. The first kappa shape index (κ1) is 12.3. The fourth-order valence-electron chi connectivity index (χ4n) is 2.44. The molecule has 0 bridgehead atoms. The van der Waals surface area contributed by atoms with Crippen molar-refractivity contribution in [2.24, 2.45) is 10.9 Å². The van der Waals surface area contributed by atoms with Gasteiger partial charge in [-0.05, 0) is 18.8 Å². The Morgan fingerprint density at radius 1 is 1.47 bits per heavy atom. The summed E-state index contributed by atoms with van der Waals surface area (Å²) in [4.78, 5) is 6.78. The molecule has 0 radical (unpaired) electrons. The summed E-state index contributed by atoms with van der Waals surface area (Å²) < 4.78 is 0. The summed E-state index contributed by atoms with van der Waals surface area (Å²) in [5.74, 6) is 4.05. The molecular weight excluding hydrogens is 212 g/mol. The zero-order valence-corrected chi connectivity index (χ0v) is 10.7. The fourth-order valence-corrected chi connectivity index (χ4v) is 2.44. The largest absolute Gasteiger partial charge is 0.352 e. The van der Waals surface area contributed by atoms with E-state index in [-0.39, 0.29) is 0 Å². The second-order valence-corrected chi connectivity index (χ2v) is 5.04. The quantitative estimate of drug-likeness (QED) is 0.418. The van der Waals surface area contributed by atoms with Gasteiger partial charge in [0.25, 0.3) is 0 Å². The second-order valence-electron chi connectivity index (χ2n) is 5.04. The first-order valence-corrected chi connectivity index (χ1v) is 6.39. The Bertz CT molecular complexity index is 327. The normalized spacial score (nSPS) is 30.1. The molecule has 2 aliphatic rings. The molecule has 0 spiro atoms. The maximum atomic E-state index is 5.23. The van der Waals surface area contributed by atoms with Gasteiger partial charge in [-0.1, -0.05) is 12.8 Å². The fraction of sp³-hybridized carbons (Fsp3) is 0.769. The molecule has 0 amide bonds. The molecule has 4 nitrogen and oxygen atoms in total. The lowest BCUT2D eigenvalue weighted by Gasteiger charge is -2.19. The second kappa shape index (κ2) is 5.42. The van der Waals surface area contributed by atoms with Gasteiger partial charge in [0.15, 0.2) is 5.96 Å². The molecule has 4 heteroatoms. The highest BCUT2D eigenvalue weighted by atomic mass is 15.3. The zero-order chi connectivity index (χ0) is 12.3. The predicted molar refractivity (Wildman–Crippen MR) is 70.9 cm³/mol. The number of nitrogens with zero attached hydrogens (tertiary/aromatic N) is 2. The molecule has 2 rings (SSSR count). The van der Waals surface area contributed by atoms with Gasteiger partial charge in [-0.3, -0.25) is 9.89 Å². The lowest BCUT2D eigenvalue weighted by Crippen LogP contribution is -2.46. The summed E-state index contributed by atoms with van der Waals surface area (Å²) in [7, 11) is 1.78. The maximum Gasteiger partial charge on any atom is 0.192 e. The van der Waals surface area contributed by atoms with Crippen molar-refractivity contribution >= 4 is 5.96 Å². The summed E-state index contributed by atoms with van der Waals surface area (Å²) in [6.45, 7) is 5.15. The van der Waals surface area contributed by atoms with Crippen LogP contribution >= 0.6 is 0 Å². The van der Waals surface area contributed by atoms with Crippen LogP contribution < -0.4 is 10.6 Å². The first-order valence-electron chi connectivity index (χ1n) is 6.39. The lowest BCUT2D eigenvalue weighted by atomic mass is 10.1. The van der Waals surface area contributed by atoms with E-state index in [2.05, 4.69) is 33.4 Å². The number of terminal acetylenes is 1. The average Bonchev–Trinajstić information content (AvgIpc) is 3.11. The van der Waals surface area contributed by atoms with Crippen molar-refractivity contribution in [3.8, 4) is 12.3 Å². The van der Waals surface area contributed by atoms with Crippen molar-refractivity contribution in [2.45, 2.75) is 31.8 Å². The Morgan fingerprint density at radius 3 is 2.82 bits per heavy atom. The molecule has 1 saturated carbocycles. The van der Waals surface area contributed by atoms with Gasteiger partial charge in [-0.2, -0.15) is 0 Å². The number of hydrogen-bond acceptors (Lipinski definition) is 2. The molecule has 1 aliphatic carbocycles. The molecule has 1 heterocycles. The van der Waals surface area contributed by atoms with E-state index in [1.54, 1.807) is 7.05 Å². The van der Waals surface area contributed by atoms with E-state index in [0.717, 1.165) is 18.5 Å². The molecule has 1 aliphatic heterocycles. The van der Waals surface area contributed by atoms with Crippen LogP contribution in [-0.2, 0) is 0 Å². The number of guanidine groups is 1. The average molecular weight is 234 g/mol. The molecule has 17 heavy (non-hydrogen) atoms. The SMILES string of the molecule is C#CCNC(=NC)NC1CN(C2CC2)CC1C. The van der Waals surface area contributed by atoms with E-state index in [1.165, 1.54) is 19.4 Å².